The van der Waals surface area contributed by atoms with Gasteiger partial charge in [-0.1, -0.05) is 63.9 Å². The lowest BCUT2D eigenvalue weighted by molar-refractivity contribution is 0.0929. The fraction of sp³-hybridized carbons (Fsp3) is 0.586. The summed E-state index contributed by atoms with van der Waals surface area (Å²) in [6, 6.07) is 12.9. The van der Waals surface area contributed by atoms with Crippen molar-refractivity contribution in [2.45, 2.75) is 71.4 Å². The van der Waals surface area contributed by atoms with E-state index in [9.17, 15) is 13.2 Å². The van der Waals surface area contributed by atoms with Gasteiger partial charge in [0, 0.05) is 37.8 Å². The molecule has 38 heavy (non-hydrogen) atoms. The Kier molecular flexibility index (Phi) is 10.6. The number of unbranched alkanes of at least 4 members (excludes halogenated alkanes) is 1. The smallest absolute Gasteiger partial charge is 0.251 e. The Bertz CT molecular complexity index is 1160. The van der Waals surface area contributed by atoms with E-state index >= 15 is 0 Å². The molecule has 1 aliphatic carbocycles. The Labute approximate surface area is 229 Å². The van der Waals surface area contributed by atoms with Gasteiger partial charge >= 0.3 is 0 Å². The van der Waals surface area contributed by atoms with Crippen LogP contribution in [0.15, 0.2) is 42.5 Å². The van der Waals surface area contributed by atoms with E-state index in [1.165, 1.54) is 17.0 Å². The average molecular weight is 544 g/mol. The normalized spacial score (nSPS) is 18.5. The maximum Gasteiger partial charge on any atom is 0.251 e. The number of benzene rings is 1. The molecule has 1 aliphatic rings. The molecule has 0 bridgehead atoms. The number of hydrogen-bond donors (Lipinski definition) is 2. The van der Waals surface area contributed by atoms with E-state index in [0.717, 1.165) is 31.4 Å². The molecule has 0 saturated heterocycles. The summed E-state index contributed by atoms with van der Waals surface area (Å²) >= 11 is 0. The molecule has 4 atom stereocenters. The molecule has 2 aromatic rings. The van der Waals surface area contributed by atoms with Crippen LogP contribution in [0.5, 0.6) is 0 Å². The van der Waals surface area contributed by atoms with Gasteiger partial charge in [-0.2, -0.15) is 0 Å². The molecular weight excluding hydrogens is 498 g/mol. The highest BCUT2D eigenvalue weighted by molar-refractivity contribution is 7.92. The number of nitrogens with zero attached hydrogens (tertiary/aromatic N) is 3. The summed E-state index contributed by atoms with van der Waals surface area (Å²) in [5, 5.41) is 3.18. The van der Waals surface area contributed by atoms with Crippen LogP contribution >= 0.6 is 0 Å². The van der Waals surface area contributed by atoms with Gasteiger partial charge in [-0.15, -0.1) is 0 Å². The van der Waals surface area contributed by atoms with Crippen molar-refractivity contribution in [3.8, 4) is 0 Å². The Balaban J connectivity index is 1.94. The first-order valence-corrected chi connectivity index (χ1v) is 15.7. The van der Waals surface area contributed by atoms with E-state index in [1.54, 1.807) is 12.1 Å². The number of aromatic nitrogens is 1. The zero-order valence-electron chi connectivity index (χ0n) is 23.6. The van der Waals surface area contributed by atoms with Crippen LogP contribution in [-0.4, -0.2) is 57.8 Å². The molecular formula is C29H45N5O3S. The Morgan fingerprint density at radius 2 is 1.82 bits per heavy atom. The van der Waals surface area contributed by atoms with Crippen molar-refractivity contribution in [3.05, 3.63) is 53.6 Å². The molecule has 0 radical (unpaired) electrons. The predicted octanol–water partition coefficient (Wildman–Crippen LogP) is 4.21. The lowest BCUT2D eigenvalue weighted by atomic mass is 9.95. The molecule has 0 unspecified atom stereocenters. The molecule has 3 rings (SSSR count). The average Bonchev–Trinajstić information content (AvgIpc) is 3.58. The minimum absolute atomic E-state index is 0.202. The fourth-order valence-electron chi connectivity index (χ4n) is 4.78. The molecule has 1 aromatic heterocycles. The van der Waals surface area contributed by atoms with Gasteiger partial charge in [0.1, 0.15) is 11.6 Å². The van der Waals surface area contributed by atoms with Crippen molar-refractivity contribution >= 4 is 27.6 Å². The van der Waals surface area contributed by atoms with Crippen molar-refractivity contribution in [2.75, 3.05) is 35.6 Å². The third-order valence-corrected chi connectivity index (χ3v) is 8.51. The van der Waals surface area contributed by atoms with E-state index in [4.69, 9.17) is 10.7 Å². The summed E-state index contributed by atoms with van der Waals surface area (Å²) < 4.78 is 26.6. The third-order valence-electron chi connectivity index (χ3n) is 7.34. The van der Waals surface area contributed by atoms with Crippen LogP contribution in [0.25, 0.3) is 0 Å². The predicted molar refractivity (Wildman–Crippen MR) is 156 cm³/mol. The van der Waals surface area contributed by atoms with Crippen LogP contribution in [0.4, 0.5) is 11.6 Å². The number of nitrogens with two attached hydrogens (primary N) is 1. The molecule has 1 aromatic carbocycles. The summed E-state index contributed by atoms with van der Waals surface area (Å²) in [5.41, 5.74) is 8.07. The molecule has 3 N–H and O–H groups in total. The first kappa shape index (κ1) is 29.9. The van der Waals surface area contributed by atoms with Crippen LogP contribution in [0.3, 0.4) is 0 Å². The molecule has 1 saturated carbocycles. The first-order valence-electron chi connectivity index (χ1n) is 13.8. The second-order valence-corrected chi connectivity index (χ2v) is 12.7. The third kappa shape index (κ3) is 8.43. The molecule has 210 valence electrons. The maximum atomic E-state index is 13.7. The first-order chi connectivity index (χ1) is 18.0. The van der Waals surface area contributed by atoms with Gasteiger partial charge < -0.3 is 16.0 Å². The van der Waals surface area contributed by atoms with Gasteiger partial charge in [0.2, 0.25) is 10.0 Å². The Morgan fingerprint density at radius 1 is 1.16 bits per heavy atom. The van der Waals surface area contributed by atoms with E-state index in [0.29, 0.717) is 36.1 Å². The summed E-state index contributed by atoms with van der Waals surface area (Å²) in [4.78, 5) is 20.4. The fourth-order valence-corrected chi connectivity index (χ4v) is 5.73. The van der Waals surface area contributed by atoms with E-state index in [2.05, 4.69) is 19.2 Å². The number of pyridine rings is 1. The minimum Gasteiger partial charge on any atom is -0.359 e. The van der Waals surface area contributed by atoms with Crippen LogP contribution < -0.4 is 20.3 Å². The number of nitrogens with one attached hydrogen (secondary N) is 1. The number of sulfonamides is 1. The SMILES string of the molecule is CCCC[C@H](N)[C@H](Cc1ccccc1)NC(=O)c1cc(N(C)C[C@H]2C[C@@H]2C)nc(N(CCC)S(C)(=O)=O)c1. The highest BCUT2D eigenvalue weighted by atomic mass is 32.2. The number of hydrogen-bond acceptors (Lipinski definition) is 6. The standard InChI is InChI=1S/C29H45N5O3S/c1-6-8-14-25(30)26(17-22-12-10-9-11-13-22)31-29(35)23-18-27(33(4)20-24-16-21(24)3)32-28(19-23)34(15-7-2)38(5,36)37/h9-13,18-19,21,24-26H,6-8,14-17,20,30H2,1-5H3,(H,31,35)/t21-,24+,25-,26-/m0/s1. The van der Waals surface area contributed by atoms with Gasteiger partial charge in [0.15, 0.2) is 0 Å². The lowest BCUT2D eigenvalue weighted by Crippen LogP contribution is -2.49. The highest BCUT2D eigenvalue weighted by Gasteiger charge is 2.34. The van der Waals surface area contributed by atoms with E-state index < -0.39 is 10.0 Å². The summed E-state index contributed by atoms with van der Waals surface area (Å²) in [6.45, 7) is 7.37. The number of carbonyl (C=O) groups is 1. The number of amides is 1. The number of rotatable bonds is 15. The van der Waals surface area contributed by atoms with Gasteiger partial charge in [-0.3, -0.25) is 9.10 Å². The van der Waals surface area contributed by atoms with Crippen LogP contribution in [0, 0.1) is 11.8 Å². The topological polar surface area (TPSA) is 109 Å². The van der Waals surface area contributed by atoms with E-state index in [-0.39, 0.29) is 30.4 Å². The van der Waals surface area contributed by atoms with Crippen molar-refractivity contribution in [2.24, 2.45) is 17.6 Å². The molecule has 1 heterocycles. The van der Waals surface area contributed by atoms with Gasteiger partial charge in [-0.05, 0) is 55.2 Å². The Hall–Kier alpha value is -2.65. The van der Waals surface area contributed by atoms with Crippen LogP contribution in [0.1, 0.15) is 68.8 Å². The summed E-state index contributed by atoms with van der Waals surface area (Å²) in [7, 11) is -1.62. The summed E-state index contributed by atoms with van der Waals surface area (Å²) in [6.07, 6.45) is 6.41. The van der Waals surface area contributed by atoms with Crippen molar-refractivity contribution < 1.29 is 13.2 Å². The van der Waals surface area contributed by atoms with Gasteiger partial charge in [0.05, 0.1) is 6.26 Å². The van der Waals surface area contributed by atoms with Crippen molar-refractivity contribution in [1.82, 2.24) is 10.3 Å². The van der Waals surface area contributed by atoms with Gasteiger partial charge in [0.25, 0.3) is 5.91 Å². The van der Waals surface area contributed by atoms with Crippen molar-refractivity contribution in [1.29, 1.82) is 0 Å². The minimum atomic E-state index is -3.57. The lowest BCUT2D eigenvalue weighted by Gasteiger charge is -2.27. The molecule has 0 spiro atoms. The molecule has 1 fully saturated rings. The van der Waals surface area contributed by atoms with Gasteiger partial charge in [-0.25, -0.2) is 13.4 Å². The second kappa shape index (κ2) is 13.4. The zero-order valence-corrected chi connectivity index (χ0v) is 24.4. The second-order valence-electron chi connectivity index (χ2n) is 10.8. The quantitative estimate of drug-likeness (QED) is 0.348. The highest BCUT2D eigenvalue weighted by Crippen LogP contribution is 2.38. The number of anilines is 2. The Morgan fingerprint density at radius 3 is 2.39 bits per heavy atom. The van der Waals surface area contributed by atoms with E-state index in [1.807, 2.05) is 49.2 Å². The van der Waals surface area contributed by atoms with Crippen LogP contribution in [-0.2, 0) is 16.4 Å². The van der Waals surface area contributed by atoms with Crippen molar-refractivity contribution in [3.63, 3.8) is 0 Å². The number of carbonyl (C=O) groups excluding carboxylic acids is 1. The molecule has 8 nitrogen and oxygen atoms in total. The maximum absolute atomic E-state index is 13.7. The zero-order chi connectivity index (χ0) is 27.9. The monoisotopic (exact) mass is 543 g/mol. The molecule has 1 amide bonds. The molecule has 9 heteroatoms. The van der Waals surface area contributed by atoms with Crippen LogP contribution in [0.2, 0.25) is 0 Å². The summed E-state index contributed by atoms with van der Waals surface area (Å²) in [5.74, 6) is 1.82. The largest absolute Gasteiger partial charge is 0.359 e. The molecule has 0 aliphatic heterocycles.